The molecule has 4 heteroatoms. The van der Waals surface area contributed by atoms with Gasteiger partial charge in [-0.25, -0.2) is 4.39 Å². The second kappa shape index (κ2) is 4.57. The summed E-state index contributed by atoms with van der Waals surface area (Å²) in [6, 6.07) is 6.72. The number of hydrogen-bond acceptors (Lipinski definition) is 2. The van der Waals surface area contributed by atoms with E-state index < -0.39 is 0 Å². The van der Waals surface area contributed by atoms with E-state index in [0.29, 0.717) is 0 Å². The monoisotopic (exact) mass is 310 g/mol. The van der Waals surface area contributed by atoms with Crippen LogP contribution < -0.4 is 5.01 Å². The van der Waals surface area contributed by atoms with Crippen molar-refractivity contribution in [3.63, 3.8) is 0 Å². The molecule has 96 valence electrons. The quantitative estimate of drug-likeness (QED) is 0.788. The summed E-state index contributed by atoms with van der Waals surface area (Å²) in [5, 5.41) is 5.28. The van der Waals surface area contributed by atoms with E-state index >= 15 is 0 Å². The van der Waals surface area contributed by atoms with Crippen LogP contribution in [0.2, 0.25) is 0 Å². The largest absolute Gasteiger partial charge is 0.291 e. The van der Waals surface area contributed by atoms with E-state index in [1.165, 1.54) is 30.7 Å². The predicted octanol–water partition coefficient (Wildman–Crippen LogP) is 3.55. The van der Waals surface area contributed by atoms with Gasteiger partial charge < -0.3 is 0 Å². The molecule has 2 nitrogen and oxygen atoms in total. The fourth-order valence-corrected chi connectivity index (χ4v) is 3.28. The maximum atomic E-state index is 13.0. The Morgan fingerprint density at radius 1 is 1.28 bits per heavy atom. The number of alkyl halides is 1. The normalized spacial score (nSPS) is 19.9. The van der Waals surface area contributed by atoms with Crippen molar-refractivity contribution < 1.29 is 4.39 Å². The molecule has 1 aromatic rings. The van der Waals surface area contributed by atoms with E-state index in [-0.39, 0.29) is 5.82 Å². The zero-order valence-corrected chi connectivity index (χ0v) is 12.0. The average Bonchev–Trinajstić information content (AvgIpc) is 3.15. The number of allylic oxidation sites excluding steroid dienone is 1. The first-order valence-electron chi connectivity index (χ1n) is 6.25. The van der Waals surface area contributed by atoms with Crippen LogP contribution in [0.1, 0.15) is 12.8 Å². The van der Waals surface area contributed by atoms with Gasteiger partial charge in [-0.05, 0) is 48.6 Å². The summed E-state index contributed by atoms with van der Waals surface area (Å²) in [4.78, 5) is 0. The van der Waals surface area contributed by atoms with Gasteiger partial charge in [0.25, 0.3) is 0 Å². The zero-order chi connectivity index (χ0) is 12.7. The molecule has 1 saturated carbocycles. The van der Waals surface area contributed by atoms with Gasteiger partial charge in [0.2, 0.25) is 0 Å². The minimum absolute atomic E-state index is 0.184. The Morgan fingerprint density at radius 2 is 1.94 bits per heavy atom. The highest BCUT2D eigenvalue weighted by molar-refractivity contribution is 9.09. The molecule has 2 aliphatic rings. The first-order valence-corrected chi connectivity index (χ1v) is 7.37. The van der Waals surface area contributed by atoms with Crippen LogP contribution in [0, 0.1) is 11.7 Å². The van der Waals surface area contributed by atoms with Crippen molar-refractivity contribution in [3.8, 4) is 0 Å². The fourth-order valence-electron chi connectivity index (χ4n) is 2.56. The summed E-state index contributed by atoms with van der Waals surface area (Å²) in [6.07, 6.45) is 2.63. The van der Waals surface area contributed by atoms with Crippen LogP contribution in [0.25, 0.3) is 0 Å². The third kappa shape index (κ3) is 2.03. The summed E-state index contributed by atoms with van der Waals surface area (Å²) in [6.45, 7) is 0.938. The van der Waals surface area contributed by atoms with Gasteiger partial charge in [0.15, 0.2) is 0 Å². The van der Waals surface area contributed by atoms with Gasteiger partial charge in [0.05, 0.1) is 12.2 Å². The molecule has 0 N–H and O–H groups in total. The predicted molar refractivity (Wildman–Crippen MR) is 75.1 cm³/mol. The molecule has 3 rings (SSSR count). The second-order valence-electron chi connectivity index (χ2n) is 4.94. The number of hydrogen-bond donors (Lipinski definition) is 0. The summed E-state index contributed by atoms with van der Waals surface area (Å²) < 4.78 is 13.0. The van der Waals surface area contributed by atoms with Crippen LogP contribution in [-0.2, 0) is 0 Å². The minimum Gasteiger partial charge on any atom is -0.291 e. The summed E-state index contributed by atoms with van der Waals surface area (Å²) in [5.74, 6) is 0.585. The van der Waals surface area contributed by atoms with E-state index in [1.807, 2.05) is 12.1 Å². The number of rotatable bonds is 3. The van der Waals surface area contributed by atoms with Gasteiger partial charge in [0, 0.05) is 18.1 Å². The molecule has 0 atom stereocenters. The van der Waals surface area contributed by atoms with E-state index in [4.69, 9.17) is 0 Å². The van der Waals surface area contributed by atoms with Gasteiger partial charge in [-0.2, -0.15) is 0 Å². The Kier molecular flexibility index (Phi) is 3.06. The second-order valence-corrected chi connectivity index (χ2v) is 5.50. The SMILES string of the molecule is CN1C(CBr)=C(C2CC2)CN1c1ccc(F)cc1. The highest BCUT2D eigenvalue weighted by atomic mass is 79.9. The number of halogens is 2. The van der Waals surface area contributed by atoms with E-state index in [1.54, 1.807) is 5.57 Å². The molecule has 1 aromatic carbocycles. The summed E-state index contributed by atoms with van der Waals surface area (Å²) in [7, 11) is 2.08. The smallest absolute Gasteiger partial charge is 0.123 e. The lowest BCUT2D eigenvalue weighted by Crippen LogP contribution is -2.34. The lowest BCUT2D eigenvalue weighted by atomic mass is 10.1. The molecule has 1 aliphatic carbocycles. The van der Waals surface area contributed by atoms with Gasteiger partial charge in [0.1, 0.15) is 5.82 Å². The van der Waals surface area contributed by atoms with Crippen molar-refractivity contribution in [2.24, 2.45) is 5.92 Å². The van der Waals surface area contributed by atoms with Crippen molar-refractivity contribution in [2.75, 3.05) is 23.9 Å². The van der Waals surface area contributed by atoms with Crippen molar-refractivity contribution in [2.45, 2.75) is 12.8 Å². The third-order valence-corrected chi connectivity index (χ3v) is 4.30. The molecule has 1 heterocycles. The van der Waals surface area contributed by atoms with E-state index in [9.17, 15) is 4.39 Å². The molecule has 1 fully saturated rings. The molecule has 0 radical (unpaired) electrons. The first-order chi connectivity index (χ1) is 8.70. The maximum Gasteiger partial charge on any atom is 0.123 e. The number of hydrazine groups is 1. The van der Waals surface area contributed by atoms with Gasteiger partial charge in [-0.15, -0.1) is 0 Å². The maximum absolute atomic E-state index is 13.0. The molecule has 1 aliphatic heterocycles. The number of anilines is 1. The fraction of sp³-hybridized carbons (Fsp3) is 0.429. The Morgan fingerprint density at radius 3 is 2.50 bits per heavy atom. The topological polar surface area (TPSA) is 6.48 Å². The Hall–Kier alpha value is -1.03. The molecular weight excluding hydrogens is 295 g/mol. The van der Waals surface area contributed by atoms with E-state index in [2.05, 4.69) is 33.0 Å². The highest BCUT2D eigenvalue weighted by Gasteiger charge is 2.36. The molecule has 18 heavy (non-hydrogen) atoms. The Balaban J connectivity index is 1.86. The van der Waals surface area contributed by atoms with Gasteiger partial charge in [-0.1, -0.05) is 15.9 Å². The lowest BCUT2D eigenvalue weighted by Gasteiger charge is -2.30. The van der Waals surface area contributed by atoms with Crippen LogP contribution in [0.15, 0.2) is 35.5 Å². The summed E-state index contributed by atoms with van der Waals surface area (Å²) in [5.41, 5.74) is 3.95. The van der Waals surface area contributed by atoms with Crippen molar-refractivity contribution in [1.29, 1.82) is 0 Å². The molecular formula is C14H16BrFN2. The van der Waals surface area contributed by atoms with Crippen LogP contribution in [0.4, 0.5) is 10.1 Å². The molecule has 0 aromatic heterocycles. The molecule has 0 bridgehead atoms. The van der Waals surface area contributed by atoms with Crippen LogP contribution in [-0.4, -0.2) is 23.9 Å². The Labute approximate surface area is 115 Å². The van der Waals surface area contributed by atoms with Crippen LogP contribution >= 0.6 is 15.9 Å². The van der Waals surface area contributed by atoms with Crippen molar-refractivity contribution in [3.05, 3.63) is 41.4 Å². The third-order valence-electron chi connectivity index (χ3n) is 3.76. The van der Waals surface area contributed by atoms with Crippen LogP contribution in [0.3, 0.4) is 0 Å². The van der Waals surface area contributed by atoms with Crippen molar-refractivity contribution >= 4 is 21.6 Å². The standard InChI is InChI=1S/C14H16BrFN2/c1-17-14(8-15)13(10-2-3-10)9-18(17)12-6-4-11(16)5-7-12/h4-7,10H,2-3,8-9H2,1H3. The highest BCUT2D eigenvalue weighted by Crippen LogP contribution is 2.43. The molecule has 0 saturated heterocycles. The number of benzene rings is 1. The van der Waals surface area contributed by atoms with E-state index in [0.717, 1.165) is 23.5 Å². The van der Waals surface area contributed by atoms with Crippen LogP contribution in [0.5, 0.6) is 0 Å². The average molecular weight is 311 g/mol. The molecule has 0 spiro atoms. The Bertz CT molecular complexity index is 479. The lowest BCUT2D eigenvalue weighted by molar-refractivity contribution is 0.424. The summed E-state index contributed by atoms with van der Waals surface area (Å²) >= 11 is 3.58. The zero-order valence-electron chi connectivity index (χ0n) is 10.4. The minimum atomic E-state index is -0.184. The van der Waals surface area contributed by atoms with Gasteiger partial charge in [-0.3, -0.25) is 10.0 Å². The molecule has 0 amide bonds. The van der Waals surface area contributed by atoms with Gasteiger partial charge >= 0.3 is 0 Å². The first kappa shape index (κ1) is 12.0. The number of nitrogens with zero attached hydrogens (tertiary/aromatic N) is 2. The van der Waals surface area contributed by atoms with Crippen molar-refractivity contribution in [1.82, 2.24) is 5.01 Å². The molecule has 0 unspecified atom stereocenters.